The number of nitrogens with one attached hydrogen (secondary N) is 1. The summed E-state index contributed by atoms with van der Waals surface area (Å²) < 4.78 is 38.1. The summed E-state index contributed by atoms with van der Waals surface area (Å²) in [5.74, 6) is 0.490. The lowest BCUT2D eigenvalue weighted by atomic mass is 10.1. The van der Waals surface area contributed by atoms with E-state index in [2.05, 4.69) is 15.2 Å². The molecule has 8 heteroatoms. The third-order valence-electron chi connectivity index (χ3n) is 5.03. The fraction of sp³-hybridized carbons (Fsp3) is 0.429. The lowest BCUT2D eigenvalue weighted by molar-refractivity contribution is -0.137. The maximum Gasteiger partial charge on any atom is 0.417 e. The molecule has 1 aliphatic heterocycles. The van der Waals surface area contributed by atoms with Crippen LogP contribution in [0.5, 0.6) is 0 Å². The van der Waals surface area contributed by atoms with Gasteiger partial charge in [0.2, 0.25) is 5.91 Å². The number of halogens is 3. The van der Waals surface area contributed by atoms with Gasteiger partial charge in [-0.05, 0) is 31.0 Å². The van der Waals surface area contributed by atoms with Crippen LogP contribution >= 0.6 is 0 Å². The van der Waals surface area contributed by atoms with Crippen molar-refractivity contribution in [2.24, 2.45) is 0 Å². The number of benzene rings is 1. The highest BCUT2D eigenvalue weighted by atomic mass is 19.4. The van der Waals surface area contributed by atoms with E-state index in [0.29, 0.717) is 32.0 Å². The Kier molecular flexibility index (Phi) is 6.74. The van der Waals surface area contributed by atoms with Gasteiger partial charge < -0.3 is 10.2 Å². The third-order valence-corrected chi connectivity index (χ3v) is 5.03. The quantitative estimate of drug-likeness (QED) is 0.826. The van der Waals surface area contributed by atoms with Gasteiger partial charge in [0.05, 0.1) is 18.2 Å². The molecule has 0 aliphatic carbocycles. The van der Waals surface area contributed by atoms with Crippen molar-refractivity contribution >= 4 is 11.7 Å². The summed E-state index contributed by atoms with van der Waals surface area (Å²) >= 11 is 0. The topological polar surface area (TPSA) is 48.5 Å². The SMILES string of the molecule is C[C@@H](NC(=O)CN1CCCN(c2ccc(C(F)(F)F)cn2)CC1)c1ccccc1. The molecule has 0 bridgehead atoms. The summed E-state index contributed by atoms with van der Waals surface area (Å²) in [4.78, 5) is 20.4. The second-order valence-corrected chi connectivity index (χ2v) is 7.22. The number of rotatable bonds is 5. The molecule has 156 valence electrons. The van der Waals surface area contributed by atoms with Crippen molar-refractivity contribution in [1.29, 1.82) is 0 Å². The third kappa shape index (κ3) is 5.93. The van der Waals surface area contributed by atoms with Gasteiger partial charge in [0.25, 0.3) is 0 Å². The first-order chi connectivity index (χ1) is 13.8. The predicted octanol–water partition coefficient (Wildman–Crippen LogP) is 3.49. The standard InChI is InChI=1S/C21H25F3N4O/c1-16(17-6-3-2-4-7-17)26-20(29)15-27-10-5-11-28(13-12-27)19-9-8-18(14-25-19)21(22,23)24/h2-4,6-9,14,16H,5,10-13,15H2,1H3,(H,26,29)/t16-/m1/s1. The zero-order valence-electron chi connectivity index (χ0n) is 16.3. The van der Waals surface area contributed by atoms with E-state index in [1.54, 1.807) is 0 Å². The first-order valence-electron chi connectivity index (χ1n) is 9.68. The zero-order valence-corrected chi connectivity index (χ0v) is 16.3. The Morgan fingerprint density at radius 3 is 2.52 bits per heavy atom. The van der Waals surface area contributed by atoms with Crippen molar-refractivity contribution in [2.45, 2.75) is 25.6 Å². The highest BCUT2D eigenvalue weighted by Gasteiger charge is 2.31. The van der Waals surface area contributed by atoms with Crippen LogP contribution in [-0.2, 0) is 11.0 Å². The van der Waals surface area contributed by atoms with Crippen molar-refractivity contribution in [3.8, 4) is 0 Å². The predicted molar refractivity (Wildman–Crippen MR) is 106 cm³/mol. The summed E-state index contributed by atoms with van der Waals surface area (Å²) in [6, 6.07) is 12.2. The number of hydrogen-bond donors (Lipinski definition) is 1. The Morgan fingerprint density at radius 1 is 1.10 bits per heavy atom. The number of anilines is 1. The Bertz CT molecular complexity index is 796. The maximum absolute atomic E-state index is 12.7. The van der Waals surface area contributed by atoms with Crippen molar-refractivity contribution in [3.05, 3.63) is 59.8 Å². The number of pyridine rings is 1. The van der Waals surface area contributed by atoms with Crippen LogP contribution in [0.3, 0.4) is 0 Å². The first-order valence-corrected chi connectivity index (χ1v) is 9.68. The largest absolute Gasteiger partial charge is 0.417 e. The summed E-state index contributed by atoms with van der Waals surface area (Å²) in [6.07, 6.45) is -2.70. The van der Waals surface area contributed by atoms with E-state index in [0.717, 1.165) is 30.8 Å². The molecule has 2 aromatic rings. The molecule has 1 aliphatic rings. The highest BCUT2D eigenvalue weighted by Crippen LogP contribution is 2.29. The van der Waals surface area contributed by atoms with Crippen molar-refractivity contribution in [1.82, 2.24) is 15.2 Å². The smallest absolute Gasteiger partial charge is 0.355 e. The van der Waals surface area contributed by atoms with Gasteiger partial charge in [0, 0.05) is 32.4 Å². The van der Waals surface area contributed by atoms with Gasteiger partial charge in [-0.25, -0.2) is 4.98 Å². The normalized spacial score (nSPS) is 16.9. The molecule has 0 spiro atoms. The summed E-state index contributed by atoms with van der Waals surface area (Å²) in [5.41, 5.74) is 0.304. The lowest BCUT2D eigenvalue weighted by Gasteiger charge is -2.23. The molecule has 1 atom stereocenters. The van der Waals surface area contributed by atoms with Gasteiger partial charge in [0.15, 0.2) is 0 Å². The van der Waals surface area contributed by atoms with E-state index in [1.807, 2.05) is 42.2 Å². The summed E-state index contributed by atoms with van der Waals surface area (Å²) in [7, 11) is 0. The molecule has 1 saturated heterocycles. The molecule has 1 N–H and O–H groups in total. The molecule has 5 nitrogen and oxygen atoms in total. The minimum atomic E-state index is -4.38. The highest BCUT2D eigenvalue weighted by molar-refractivity contribution is 5.78. The summed E-state index contributed by atoms with van der Waals surface area (Å²) in [5, 5.41) is 3.01. The molecule has 0 radical (unpaired) electrons. The van der Waals surface area contributed by atoms with Gasteiger partial charge in [-0.3, -0.25) is 9.69 Å². The number of nitrogens with zero attached hydrogens (tertiary/aromatic N) is 3. The minimum absolute atomic E-state index is 0.0394. The number of alkyl halides is 3. The summed E-state index contributed by atoms with van der Waals surface area (Å²) in [6.45, 7) is 4.95. The van der Waals surface area contributed by atoms with E-state index >= 15 is 0 Å². The molecule has 1 aromatic carbocycles. The molecule has 2 heterocycles. The second-order valence-electron chi connectivity index (χ2n) is 7.22. The van der Waals surface area contributed by atoms with Gasteiger partial charge in [0.1, 0.15) is 5.82 Å². The Hall–Kier alpha value is -2.61. The van der Waals surface area contributed by atoms with E-state index in [4.69, 9.17) is 0 Å². The van der Waals surface area contributed by atoms with Crippen molar-refractivity contribution < 1.29 is 18.0 Å². The Labute approximate surface area is 168 Å². The minimum Gasteiger partial charge on any atom is -0.355 e. The number of hydrogen-bond acceptors (Lipinski definition) is 4. The van der Waals surface area contributed by atoms with E-state index < -0.39 is 11.7 Å². The zero-order chi connectivity index (χ0) is 20.9. The van der Waals surface area contributed by atoms with Gasteiger partial charge in [-0.15, -0.1) is 0 Å². The molecular weight excluding hydrogens is 381 g/mol. The van der Waals surface area contributed by atoms with Crippen molar-refractivity contribution in [3.63, 3.8) is 0 Å². The average Bonchev–Trinajstić information content (AvgIpc) is 2.93. The number of carbonyl (C=O) groups is 1. The monoisotopic (exact) mass is 406 g/mol. The van der Waals surface area contributed by atoms with Crippen LogP contribution in [0.25, 0.3) is 0 Å². The average molecular weight is 406 g/mol. The van der Waals surface area contributed by atoms with Crippen LogP contribution in [-0.4, -0.2) is 48.5 Å². The molecule has 1 aromatic heterocycles. The van der Waals surface area contributed by atoms with Gasteiger partial charge >= 0.3 is 6.18 Å². The van der Waals surface area contributed by atoms with Gasteiger partial charge in [-0.2, -0.15) is 13.2 Å². The van der Waals surface area contributed by atoms with Crippen LogP contribution in [0.15, 0.2) is 48.7 Å². The fourth-order valence-corrected chi connectivity index (χ4v) is 3.41. The number of amides is 1. The fourth-order valence-electron chi connectivity index (χ4n) is 3.41. The number of carbonyl (C=O) groups excluding carboxylic acids is 1. The molecule has 1 fully saturated rings. The van der Waals surface area contributed by atoms with Crippen molar-refractivity contribution in [2.75, 3.05) is 37.6 Å². The Morgan fingerprint density at radius 2 is 1.86 bits per heavy atom. The molecular formula is C21H25F3N4O. The van der Waals surface area contributed by atoms with Crippen LogP contribution in [0.1, 0.15) is 30.5 Å². The molecule has 1 amide bonds. The maximum atomic E-state index is 12.7. The van der Waals surface area contributed by atoms with Crippen LogP contribution in [0.4, 0.5) is 19.0 Å². The van der Waals surface area contributed by atoms with Crippen LogP contribution < -0.4 is 10.2 Å². The molecule has 3 rings (SSSR count). The molecule has 29 heavy (non-hydrogen) atoms. The Balaban J connectivity index is 1.51. The van der Waals surface area contributed by atoms with Crippen LogP contribution in [0.2, 0.25) is 0 Å². The first kappa shape index (κ1) is 21.1. The second kappa shape index (κ2) is 9.26. The molecule has 0 unspecified atom stereocenters. The van der Waals surface area contributed by atoms with E-state index in [-0.39, 0.29) is 11.9 Å². The van der Waals surface area contributed by atoms with E-state index in [9.17, 15) is 18.0 Å². The van der Waals surface area contributed by atoms with Gasteiger partial charge in [-0.1, -0.05) is 30.3 Å². The molecule has 0 saturated carbocycles. The lowest BCUT2D eigenvalue weighted by Crippen LogP contribution is -2.40. The number of aromatic nitrogens is 1. The van der Waals surface area contributed by atoms with E-state index in [1.165, 1.54) is 6.07 Å². The van der Waals surface area contributed by atoms with Crippen LogP contribution in [0, 0.1) is 0 Å².